The number of rotatable bonds is 9. The molecule has 3 heteroatoms. The Morgan fingerprint density at radius 1 is 1.07 bits per heavy atom. The molecular weight excluding hydrogens is 199 g/mol. The molecule has 0 aliphatic carbocycles. The van der Waals surface area contributed by atoms with E-state index in [9.17, 15) is 9.90 Å². The summed E-state index contributed by atoms with van der Waals surface area (Å²) in [7, 11) is 0. The molecule has 0 heterocycles. The van der Waals surface area contributed by atoms with E-state index in [1.54, 1.807) is 0 Å². The van der Waals surface area contributed by atoms with Gasteiger partial charge in [-0.1, -0.05) is 52.0 Å². The molecule has 0 aromatic rings. The molecule has 2 nitrogen and oxygen atoms in total. The van der Waals surface area contributed by atoms with Gasteiger partial charge in [-0.15, -0.1) is 0 Å². The fourth-order valence-electron chi connectivity index (χ4n) is 1.40. The van der Waals surface area contributed by atoms with Crippen molar-refractivity contribution in [2.45, 2.75) is 58.3 Å². The quantitative estimate of drug-likeness (QED) is 0.297. The van der Waals surface area contributed by atoms with Crippen molar-refractivity contribution in [3.05, 3.63) is 12.2 Å². The van der Waals surface area contributed by atoms with Crippen molar-refractivity contribution in [1.82, 2.24) is 0 Å². The summed E-state index contributed by atoms with van der Waals surface area (Å²) in [6.07, 6.45) is 8.97. The van der Waals surface area contributed by atoms with Crippen molar-refractivity contribution < 1.29 is 39.5 Å². The zero-order valence-electron chi connectivity index (χ0n) is 10.2. The van der Waals surface area contributed by atoms with Crippen molar-refractivity contribution in [3.63, 3.8) is 0 Å². The number of unbranched alkanes of at least 4 members (excludes halogenated alkanes) is 6. The van der Waals surface area contributed by atoms with Crippen LogP contribution < -0.4 is 34.7 Å². The summed E-state index contributed by atoms with van der Waals surface area (Å²) in [6.45, 7) is 5.64. The molecule has 0 atom stereocenters. The van der Waals surface area contributed by atoms with Crippen LogP contribution in [0.15, 0.2) is 12.2 Å². The summed E-state index contributed by atoms with van der Waals surface area (Å²) in [5.74, 6) is -1.10. The van der Waals surface area contributed by atoms with Crippen LogP contribution in [0.3, 0.4) is 0 Å². The Balaban J connectivity index is 0. The maximum absolute atomic E-state index is 10.3. The monoisotopic (exact) mass is 220 g/mol. The molecular formula is C12H21NaO2. The fraction of sp³-hybridized carbons (Fsp3) is 0.750. The van der Waals surface area contributed by atoms with Crippen LogP contribution >= 0.6 is 0 Å². The van der Waals surface area contributed by atoms with E-state index in [1.165, 1.54) is 32.1 Å². The predicted octanol–water partition coefficient (Wildman–Crippen LogP) is -0.563. The molecule has 0 aromatic heterocycles. The molecule has 0 aliphatic heterocycles. The summed E-state index contributed by atoms with van der Waals surface area (Å²) in [5.41, 5.74) is 0.235. The second kappa shape index (κ2) is 12.3. The van der Waals surface area contributed by atoms with Crippen molar-refractivity contribution in [1.29, 1.82) is 0 Å². The molecule has 0 spiro atoms. The first-order valence-corrected chi connectivity index (χ1v) is 5.57. The van der Waals surface area contributed by atoms with E-state index in [1.807, 2.05) is 0 Å². The minimum Gasteiger partial charge on any atom is -0.545 e. The SMILES string of the molecule is C=C(CCCCCCCCC)C(=O)[O-].[Na+]. The average Bonchev–Trinajstić information content (AvgIpc) is 2.16. The molecule has 0 unspecified atom stereocenters. The van der Waals surface area contributed by atoms with Crippen LogP contribution in [0.25, 0.3) is 0 Å². The predicted molar refractivity (Wildman–Crippen MR) is 56.8 cm³/mol. The molecule has 0 fully saturated rings. The van der Waals surface area contributed by atoms with Crippen LogP contribution in [-0.2, 0) is 4.79 Å². The van der Waals surface area contributed by atoms with Gasteiger partial charge in [-0.2, -0.15) is 0 Å². The van der Waals surface area contributed by atoms with Crippen molar-refractivity contribution in [2.75, 3.05) is 0 Å². The van der Waals surface area contributed by atoms with E-state index >= 15 is 0 Å². The maximum Gasteiger partial charge on any atom is 1.00 e. The Morgan fingerprint density at radius 2 is 1.53 bits per heavy atom. The van der Waals surface area contributed by atoms with Gasteiger partial charge >= 0.3 is 29.6 Å². The smallest absolute Gasteiger partial charge is 0.545 e. The number of aliphatic carboxylic acids is 1. The van der Waals surface area contributed by atoms with Gasteiger partial charge in [0, 0.05) is 0 Å². The first kappa shape index (κ1) is 17.6. The molecule has 0 saturated carbocycles. The molecule has 15 heavy (non-hydrogen) atoms. The Hall–Kier alpha value is 0.210. The summed E-state index contributed by atoms with van der Waals surface area (Å²) < 4.78 is 0. The van der Waals surface area contributed by atoms with Gasteiger partial charge in [0.2, 0.25) is 0 Å². The van der Waals surface area contributed by atoms with Gasteiger partial charge in [-0.3, -0.25) is 0 Å². The molecule has 0 amide bonds. The summed E-state index contributed by atoms with van der Waals surface area (Å²) in [4.78, 5) is 10.3. The van der Waals surface area contributed by atoms with Gasteiger partial charge in [-0.25, -0.2) is 0 Å². The third-order valence-corrected chi connectivity index (χ3v) is 2.37. The van der Waals surface area contributed by atoms with Gasteiger partial charge in [-0.05, 0) is 18.4 Å². The third-order valence-electron chi connectivity index (χ3n) is 2.37. The van der Waals surface area contributed by atoms with Gasteiger partial charge in [0.05, 0.1) is 5.97 Å². The Morgan fingerprint density at radius 3 is 2.00 bits per heavy atom. The minimum atomic E-state index is -1.10. The normalized spacial score (nSPS) is 9.40. The molecule has 0 bridgehead atoms. The molecule has 0 saturated heterocycles. The van der Waals surface area contributed by atoms with Gasteiger partial charge in [0.25, 0.3) is 0 Å². The number of hydrogen-bond donors (Lipinski definition) is 0. The summed E-state index contributed by atoms with van der Waals surface area (Å²) >= 11 is 0. The summed E-state index contributed by atoms with van der Waals surface area (Å²) in [5, 5.41) is 10.3. The van der Waals surface area contributed by atoms with E-state index in [0.717, 1.165) is 12.8 Å². The molecule has 0 radical (unpaired) electrons. The van der Waals surface area contributed by atoms with Crippen molar-refractivity contribution in [2.24, 2.45) is 0 Å². The Bertz CT molecular complexity index is 178. The van der Waals surface area contributed by atoms with E-state index in [4.69, 9.17) is 0 Å². The topological polar surface area (TPSA) is 40.1 Å². The van der Waals surface area contributed by atoms with E-state index in [-0.39, 0.29) is 35.1 Å². The van der Waals surface area contributed by atoms with Crippen LogP contribution in [0.5, 0.6) is 0 Å². The van der Waals surface area contributed by atoms with Crippen molar-refractivity contribution >= 4 is 5.97 Å². The first-order chi connectivity index (χ1) is 6.68. The second-order valence-electron chi connectivity index (χ2n) is 3.76. The average molecular weight is 220 g/mol. The largest absolute Gasteiger partial charge is 1.00 e. The molecule has 0 rings (SSSR count). The van der Waals surface area contributed by atoms with Gasteiger partial charge < -0.3 is 9.90 Å². The Kier molecular flexibility index (Phi) is 14.4. The zero-order chi connectivity index (χ0) is 10.8. The van der Waals surface area contributed by atoms with Crippen LogP contribution in [-0.4, -0.2) is 5.97 Å². The number of carboxylic acid groups (broad SMARTS) is 1. The molecule has 0 N–H and O–H groups in total. The number of carbonyl (C=O) groups excluding carboxylic acids is 1. The van der Waals surface area contributed by atoms with E-state index < -0.39 is 5.97 Å². The van der Waals surface area contributed by atoms with Gasteiger partial charge in [0.1, 0.15) is 0 Å². The fourth-order valence-corrected chi connectivity index (χ4v) is 1.40. The molecule has 0 aromatic carbocycles. The maximum atomic E-state index is 10.3. The number of hydrogen-bond acceptors (Lipinski definition) is 2. The summed E-state index contributed by atoms with van der Waals surface area (Å²) in [6, 6.07) is 0. The van der Waals surface area contributed by atoms with Crippen LogP contribution in [0, 0.1) is 0 Å². The molecule has 82 valence electrons. The Labute approximate surface area is 115 Å². The zero-order valence-corrected chi connectivity index (χ0v) is 12.2. The van der Waals surface area contributed by atoms with Crippen LogP contribution in [0.4, 0.5) is 0 Å². The van der Waals surface area contributed by atoms with Crippen LogP contribution in [0.2, 0.25) is 0 Å². The third kappa shape index (κ3) is 12.1. The number of carbonyl (C=O) groups is 1. The van der Waals surface area contributed by atoms with E-state index in [2.05, 4.69) is 13.5 Å². The van der Waals surface area contributed by atoms with Crippen molar-refractivity contribution in [3.8, 4) is 0 Å². The standard InChI is InChI=1S/C12H22O2.Na/c1-3-4-5-6-7-8-9-10-11(2)12(13)14;/h2-10H2,1H3,(H,13,14);/q;+1/p-1. The van der Waals surface area contributed by atoms with Crippen LogP contribution in [0.1, 0.15) is 58.3 Å². The minimum absolute atomic E-state index is 0. The molecule has 0 aliphatic rings. The van der Waals surface area contributed by atoms with E-state index in [0.29, 0.717) is 6.42 Å². The van der Waals surface area contributed by atoms with Gasteiger partial charge in [0.15, 0.2) is 0 Å². The second-order valence-corrected chi connectivity index (χ2v) is 3.76. The first-order valence-electron chi connectivity index (χ1n) is 5.57. The number of carboxylic acids is 1.